The summed E-state index contributed by atoms with van der Waals surface area (Å²) in [5.41, 5.74) is 6.55. The second-order valence-corrected chi connectivity index (χ2v) is 3.63. The number of hydrogen-bond donors (Lipinski definition) is 2. The lowest BCUT2D eigenvalue weighted by Crippen LogP contribution is -2.38. The van der Waals surface area contributed by atoms with E-state index in [1.54, 1.807) is 4.68 Å². The van der Waals surface area contributed by atoms with E-state index < -0.39 is 0 Å². The predicted octanol–water partition coefficient (Wildman–Crippen LogP) is 0.225. The number of hydrogen-bond acceptors (Lipinski definition) is 3. The van der Waals surface area contributed by atoms with Crippen LogP contribution in [0.25, 0.3) is 0 Å². The lowest BCUT2D eigenvalue weighted by atomic mass is 10.1. The van der Waals surface area contributed by atoms with Gasteiger partial charge in [0.2, 0.25) is 5.91 Å². The molecule has 2 rings (SSSR count). The van der Waals surface area contributed by atoms with Gasteiger partial charge in [-0.3, -0.25) is 9.48 Å². The lowest BCUT2D eigenvalue weighted by molar-refractivity contribution is -0.126. The van der Waals surface area contributed by atoms with Crippen molar-refractivity contribution >= 4 is 11.7 Å². The number of aromatic nitrogens is 2. The van der Waals surface area contributed by atoms with Gasteiger partial charge in [0.1, 0.15) is 11.9 Å². The molecular formula is C9H14N4O. The molecule has 1 aliphatic heterocycles. The summed E-state index contributed by atoms with van der Waals surface area (Å²) in [6.45, 7) is 2.66. The summed E-state index contributed by atoms with van der Waals surface area (Å²) >= 11 is 0. The van der Waals surface area contributed by atoms with Gasteiger partial charge in [-0.25, -0.2) is 0 Å². The summed E-state index contributed by atoms with van der Waals surface area (Å²) in [7, 11) is 0. The molecule has 3 N–H and O–H groups in total. The normalized spacial score (nSPS) is 22.1. The van der Waals surface area contributed by atoms with E-state index in [0.717, 1.165) is 24.9 Å². The van der Waals surface area contributed by atoms with Crippen molar-refractivity contribution < 1.29 is 4.79 Å². The first kappa shape index (κ1) is 9.05. The van der Waals surface area contributed by atoms with Crippen molar-refractivity contribution in [3.05, 3.63) is 11.8 Å². The number of rotatable bonds is 1. The highest BCUT2D eigenvalue weighted by Crippen LogP contribution is 2.19. The molecule has 76 valence electrons. The topological polar surface area (TPSA) is 72.9 Å². The lowest BCUT2D eigenvalue weighted by Gasteiger charge is -2.21. The molecule has 1 aromatic heterocycles. The highest BCUT2D eigenvalue weighted by Gasteiger charge is 2.24. The van der Waals surface area contributed by atoms with Crippen molar-refractivity contribution in [2.75, 3.05) is 12.3 Å². The van der Waals surface area contributed by atoms with Gasteiger partial charge in [0.15, 0.2) is 0 Å². The van der Waals surface area contributed by atoms with Crippen molar-refractivity contribution in [1.29, 1.82) is 0 Å². The van der Waals surface area contributed by atoms with E-state index in [1.165, 1.54) is 0 Å². The van der Waals surface area contributed by atoms with Gasteiger partial charge >= 0.3 is 0 Å². The minimum Gasteiger partial charge on any atom is -0.382 e. The van der Waals surface area contributed by atoms with Crippen LogP contribution in [0.2, 0.25) is 0 Å². The first-order valence-corrected chi connectivity index (χ1v) is 4.77. The average Bonchev–Trinajstić information content (AvgIpc) is 2.48. The van der Waals surface area contributed by atoms with Gasteiger partial charge < -0.3 is 11.1 Å². The second-order valence-electron chi connectivity index (χ2n) is 3.63. The van der Waals surface area contributed by atoms with Crippen LogP contribution in [-0.4, -0.2) is 22.2 Å². The molecule has 5 nitrogen and oxygen atoms in total. The third-order valence-corrected chi connectivity index (χ3v) is 2.53. The van der Waals surface area contributed by atoms with Crippen molar-refractivity contribution in [3.8, 4) is 0 Å². The van der Waals surface area contributed by atoms with E-state index >= 15 is 0 Å². The molecule has 1 aliphatic rings. The summed E-state index contributed by atoms with van der Waals surface area (Å²) in [6.07, 6.45) is 3.66. The maximum atomic E-state index is 11.5. The highest BCUT2D eigenvalue weighted by atomic mass is 16.2. The van der Waals surface area contributed by atoms with Gasteiger partial charge in [0.25, 0.3) is 0 Å². The number of piperidine rings is 1. The quantitative estimate of drug-likeness (QED) is 0.672. The van der Waals surface area contributed by atoms with Crippen LogP contribution in [0.5, 0.6) is 0 Å². The molecule has 1 atom stereocenters. The van der Waals surface area contributed by atoms with E-state index in [1.807, 2.05) is 13.1 Å². The van der Waals surface area contributed by atoms with Gasteiger partial charge in [-0.05, 0) is 19.8 Å². The monoisotopic (exact) mass is 194 g/mol. The number of nitrogens with two attached hydrogens (primary N) is 1. The number of carbonyl (C=O) groups excluding carboxylic acids is 1. The average molecular weight is 194 g/mol. The summed E-state index contributed by atoms with van der Waals surface area (Å²) in [5.74, 6) is 0.544. The third-order valence-electron chi connectivity index (χ3n) is 2.53. The fraction of sp³-hybridized carbons (Fsp3) is 0.556. The van der Waals surface area contributed by atoms with Gasteiger partial charge in [0.05, 0.1) is 0 Å². The SMILES string of the molecule is Cc1cn(C2CCCNC2=O)nc1N. The largest absolute Gasteiger partial charge is 0.382 e. The van der Waals surface area contributed by atoms with Crippen LogP contribution in [0.3, 0.4) is 0 Å². The summed E-state index contributed by atoms with van der Waals surface area (Å²) in [6, 6.07) is -0.181. The molecule has 5 heteroatoms. The molecule has 0 aromatic carbocycles. The zero-order chi connectivity index (χ0) is 10.1. The molecular weight excluding hydrogens is 180 g/mol. The Bertz CT molecular complexity index is 338. The maximum absolute atomic E-state index is 11.5. The number of amides is 1. The van der Waals surface area contributed by atoms with Crippen LogP contribution < -0.4 is 11.1 Å². The van der Waals surface area contributed by atoms with Gasteiger partial charge in [0, 0.05) is 18.3 Å². The Labute approximate surface area is 82.3 Å². The first-order valence-electron chi connectivity index (χ1n) is 4.77. The fourth-order valence-electron chi connectivity index (χ4n) is 1.66. The maximum Gasteiger partial charge on any atom is 0.244 e. The van der Waals surface area contributed by atoms with Gasteiger partial charge in [-0.2, -0.15) is 5.10 Å². The summed E-state index contributed by atoms with van der Waals surface area (Å²) < 4.78 is 1.67. The number of carbonyl (C=O) groups is 1. The van der Waals surface area contributed by atoms with Crippen LogP contribution in [0, 0.1) is 6.92 Å². The molecule has 1 fully saturated rings. The predicted molar refractivity (Wildman–Crippen MR) is 52.7 cm³/mol. The Morgan fingerprint density at radius 1 is 1.71 bits per heavy atom. The molecule has 0 spiro atoms. The van der Waals surface area contributed by atoms with Crippen LogP contribution in [0.4, 0.5) is 5.82 Å². The number of nitrogen functional groups attached to an aromatic ring is 1. The highest BCUT2D eigenvalue weighted by molar-refractivity contribution is 5.80. The Morgan fingerprint density at radius 3 is 3.07 bits per heavy atom. The van der Waals surface area contributed by atoms with E-state index in [-0.39, 0.29) is 11.9 Å². The summed E-state index contributed by atoms with van der Waals surface area (Å²) in [4.78, 5) is 11.5. The zero-order valence-electron chi connectivity index (χ0n) is 8.16. The van der Waals surface area contributed by atoms with E-state index in [0.29, 0.717) is 5.82 Å². The van der Waals surface area contributed by atoms with Crippen LogP contribution >= 0.6 is 0 Å². The van der Waals surface area contributed by atoms with Crippen LogP contribution in [0.1, 0.15) is 24.4 Å². The Balaban J connectivity index is 2.24. The molecule has 2 heterocycles. The molecule has 0 radical (unpaired) electrons. The van der Waals surface area contributed by atoms with E-state index in [4.69, 9.17) is 5.73 Å². The van der Waals surface area contributed by atoms with Gasteiger partial charge in [-0.15, -0.1) is 0 Å². The number of nitrogens with one attached hydrogen (secondary N) is 1. The molecule has 1 unspecified atom stereocenters. The Hall–Kier alpha value is -1.52. The Kier molecular flexibility index (Phi) is 2.15. The number of nitrogens with zero attached hydrogens (tertiary/aromatic N) is 2. The van der Waals surface area contributed by atoms with Crippen molar-refractivity contribution in [3.63, 3.8) is 0 Å². The third kappa shape index (κ3) is 1.45. The first-order chi connectivity index (χ1) is 6.68. The van der Waals surface area contributed by atoms with Crippen molar-refractivity contribution in [2.45, 2.75) is 25.8 Å². The summed E-state index contributed by atoms with van der Waals surface area (Å²) in [5, 5.41) is 6.94. The number of aryl methyl sites for hydroxylation is 1. The fourth-order valence-corrected chi connectivity index (χ4v) is 1.66. The molecule has 14 heavy (non-hydrogen) atoms. The minimum atomic E-state index is -0.181. The number of anilines is 1. The van der Waals surface area contributed by atoms with E-state index in [9.17, 15) is 4.79 Å². The second kappa shape index (κ2) is 3.32. The van der Waals surface area contributed by atoms with Crippen LogP contribution in [-0.2, 0) is 4.79 Å². The van der Waals surface area contributed by atoms with E-state index in [2.05, 4.69) is 10.4 Å². The smallest absolute Gasteiger partial charge is 0.244 e. The zero-order valence-corrected chi connectivity index (χ0v) is 8.16. The van der Waals surface area contributed by atoms with Gasteiger partial charge in [-0.1, -0.05) is 0 Å². The molecule has 1 amide bonds. The Morgan fingerprint density at radius 2 is 2.50 bits per heavy atom. The molecule has 1 aromatic rings. The minimum absolute atomic E-state index is 0.0405. The standard InChI is InChI=1S/C9H14N4O/c1-6-5-13(12-8(6)10)7-3-2-4-11-9(7)14/h5,7H,2-4H2,1H3,(H2,10,12)(H,11,14). The molecule has 0 bridgehead atoms. The molecule has 0 saturated carbocycles. The molecule has 1 saturated heterocycles. The van der Waals surface area contributed by atoms with Crippen molar-refractivity contribution in [1.82, 2.24) is 15.1 Å². The van der Waals surface area contributed by atoms with Crippen LogP contribution in [0.15, 0.2) is 6.20 Å². The van der Waals surface area contributed by atoms with Crippen molar-refractivity contribution in [2.24, 2.45) is 0 Å². The molecule has 0 aliphatic carbocycles.